The first-order valence-corrected chi connectivity index (χ1v) is 6.29. The van der Waals surface area contributed by atoms with Crippen LogP contribution in [0.3, 0.4) is 0 Å². The molecular formula is C16H21N. The van der Waals surface area contributed by atoms with Gasteiger partial charge in [-0.2, -0.15) is 0 Å². The number of hydrogen-bond acceptors (Lipinski definition) is 1. The van der Waals surface area contributed by atoms with Crippen LogP contribution in [0.25, 0.3) is 10.9 Å². The predicted molar refractivity (Wildman–Crippen MR) is 74.5 cm³/mol. The monoisotopic (exact) mass is 227 g/mol. The van der Waals surface area contributed by atoms with Crippen molar-refractivity contribution in [2.24, 2.45) is 0 Å². The highest BCUT2D eigenvalue weighted by Gasteiger charge is 2.15. The van der Waals surface area contributed by atoms with Crippen molar-refractivity contribution in [2.45, 2.75) is 46.0 Å². The lowest BCUT2D eigenvalue weighted by Crippen LogP contribution is -2.13. The van der Waals surface area contributed by atoms with E-state index in [0.29, 0.717) is 5.92 Å². The van der Waals surface area contributed by atoms with Gasteiger partial charge in [0.25, 0.3) is 0 Å². The molecule has 0 saturated heterocycles. The molecule has 0 saturated carbocycles. The standard InChI is InChI=1S/C16H21N/c1-11(2)13-7-6-12-8-9-15(16(3,4)5)17-14(12)10-13/h6-11H,1-5H3. The number of aromatic nitrogens is 1. The molecule has 1 heteroatoms. The van der Waals surface area contributed by atoms with Gasteiger partial charge in [-0.3, -0.25) is 4.98 Å². The Hall–Kier alpha value is -1.37. The average Bonchev–Trinajstić information content (AvgIpc) is 2.26. The van der Waals surface area contributed by atoms with E-state index in [1.54, 1.807) is 0 Å². The van der Waals surface area contributed by atoms with Crippen molar-refractivity contribution in [1.82, 2.24) is 4.98 Å². The minimum Gasteiger partial charge on any atom is -0.252 e. The van der Waals surface area contributed by atoms with Crippen LogP contribution in [0.15, 0.2) is 30.3 Å². The Morgan fingerprint density at radius 2 is 1.65 bits per heavy atom. The van der Waals surface area contributed by atoms with Crippen LogP contribution in [-0.2, 0) is 5.41 Å². The molecule has 0 unspecified atom stereocenters. The molecule has 0 aliphatic carbocycles. The van der Waals surface area contributed by atoms with E-state index in [1.165, 1.54) is 10.9 Å². The summed E-state index contributed by atoms with van der Waals surface area (Å²) in [5.41, 5.74) is 3.74. The summed E-state index contributed by atoms with van der Waals surface area (Å²) in [6.45, 7) is 11.0. The molecule has 1 heterocycles. The van der Waals surface area contributed by atoms with Crippen molar-refractivity contribution in [3.8, 4) is 0 Å². The van der Waals surface area contributed by atoms with Crippen LogP contribution in [0, 0.1) is 0 Å². The van der Waals surface area contributed by atoms with E-state index in [1.807, 2.05) is 0 Å². The van der Waals surface area contributed by atoms with E-state index in [-0.39, 0.29) is 5.41 Å². The summed E-state index contributed by atoms with van der Waals surface area (Å²) in [6.07, 6.45) is 0. The van der Waals surface area contributed by atoms with Gasteiger partial charge in [-0.05, 0) is 23.6 Å². The van der Waals surface area contributed by atoms with Gasteiger partial charge in [-0.15, -0.1) is 0 Å². The number of fused-ring (bicyclic) bond motifs is 1. The van der Waals surface area contributed by atoms with E-state index in [9.17, 15) is 0 Å². The second-order valence-electron chi connectivity index (χ2n) is 6.05. The molecule has 2 rings (SSSR count). The highest BCUT2D eigenvalue weighted by Crippen LogP contribution is 2.25. The molecule has 1 aromatic carbocycles. The van der Waals surface area contributed by atoms with Gasteiger partial charge in [0.1, 0.15) is 0 Å². The third-order valence-corrected chi connectivity index (χ3v) is 3.15. The predicted octanol–water partition coefficient (Wildman–Crippen LogP) is 4.66. The van der Waals surface area contributed by atoms with Crippen molar-refractivity contribution in [2.75, 3.05) is 0 Å². The first-order chi connectivity index (χ1) is 7.88. The van der Waals surface area contributed by atoms with E-state index < -0.39 is 0 Å². The third kappa shape index (κ3) is 2.49. The fourth-order valence-electron chi connectivity index (χ4n) is 1.91. The van der Waals surface area contributed by atoms with Crippen molar-refractivity contribution in [3.05, 3.63) is 41.6 Å². The minimum absolute atomic E-state index is 0.113. The van der Waals surface area contributed by atoms with Gasteiger partial charge in [0.2, 0.25) is 0 Å². The second-order valence-corrected chi connectivity index (χ2v) is 6.05. The molecule has 0 aliphatic rings. The summed E-state index contributed by atoms with van der Waals surface area (Å²) in [5, 5.41) is 1.22. The molecule has 1 aromatic heterocycles. The lowest BCUT2D eigenvalue weighted by Gasteiger charge is -2.18. The number of hydrogen-bond donors (Lipinski definition) is 0. The number of rotatable bonds is 1. The Kier molecular flexibility index (Phi) is 2.94. The van der Waals surface area contributed by atoms with Crippen molar-refractivity contribution >= 4 is 10.9 Å². The normalized spacial score (nSPS) is 12.4. The molecule has 0 atom stereocenters. The van der Waals surface area contributed by atoms with E-state index in [0.717, 1.165) is 11.2 Å². The maximum Gasteiger partial charge on any atom is 0.0708 e. The Labute approximate surface area is 104 Å². The molecule has 0 spiro atoms. The largest absolute Gasteiger partial charge is 0.252 e. The highest BCUT2D eigenvalue weighted by molar-refractivity contribution is 5.79. The smallest absolute Gasteiger partial charge is 0.0708 e. The second kappa shape index (κ2) is 4.14. The summed E-state index contributed by atoms with van der Waals surface area (Å²) in [4.78, 5) is 4.79. The van der Waals surface area contributed by atoms with Crippen LogP contribution in [0.4, 0.5) is 0 Å². The van der Waals surface area contributed by atoms with Crippen LogP contribution >= 0.6 is 0 Å². The molecule has 0 fully saturated rings. The van der Waals surface area contributed by atoms with Gasteiger partial charge < -0.3 is 0 Å². The minimum atomic E-state index is 0.113. The summed E-state index contributed by atoms with van der Waals surface area (Å²) in [6, 6.07) is 10.9. The van der Waals surface area contributed by atoms with Crippen molar-refractivity contribution in [3.63, 3.8) is 0 Å². The van der Waals surface area contributed by atoms with Gasteiger partial charge in [0.15, 0.2) is 0 Å². The van der Waals surface area contributed by atoms with Gasteiger partial charge >= 0.3 is 0 Å². The van der Waals surface area contributed by atoms with Crippen LogP contribution in [0.2, 0.25) is 0 Å². The zero-order chi connectivity index (χ0) is 12.6. The SMILES string of the molecule is CC(C)c1ccc2ccc(C(C)(C)C)nc2c1. The Morgan fingerprint density at radius 3 is 2.24 bits per heavy atom. The van der Waals surface area contributed by atoms with Crippen molar-refractivity contribution in [1.29, 1.82) is 0 Å². The van der Waals surface area contributed by atoms with Crippen LogP contribution < -0.4 is 0 Å². The quantitative estimate of drug-likeness (QED) is 0.690. The third-order valence-electron chi connectivity index (χ3n) is 3.15. The number of nitrogens with zero attached hydrogens (tertiary/aromatic N) is 1. The molecule has 90 valence electrons. The molecule has 2 aromatic rings. The van der Waals surface area contributed by atoms with Crippen LogP contribution in [-0.4, -0.2) is 4.98 Å². The van der Waals surface area contributed by atoms with Gasteiger partial charge in [0, 0.05) is 16.5 Å². The molecule has 0 amide bonds. The number of pyridine rings is 1. The molecule has 1 nitrogen and oxygen atoms in total. The lowest BCUT2D eigenvalue weighted by atomic mass is 9.91. The van der Waals surface area contributed by atoms with Gasteiger partial charge in [0.05, 0.1) is 5.52 Å². The first-order valence-electron chi connectivity index (χ1n) is 6.29. The van der Waals surface area contributed by atoms with Gasteiger partial charge in [-0.1, -0.05) is 52.8 Å². The Bertz CT molecular complexity index is 533. The van der Waals surface area contributed by atoms with E-state index in [2.05, 4.69) is 65.0 Å². The summed E-state index contributed by atoms with van der Waals surface area (Å²) in [5.74, 6) is 0.555. The first kappa shape index (κ1) is 12.1. The molecule has 0 aliphatic heterocycles. The zero-order valence-electron chi connectivity index (χ0n) is 11.4. The molecule has 17 heavy (non-hydrogen) atoms. The fourth-order valence-corrected chi connectivity index (χ4v) is 1.91. The van der Waals surface area contributed by atoms with Gasteiger partial charge in [-0.25, -0.2) is 0 Å². The van der Waals surface area contributed by atoms with E-state index in [4.69, 9.17) is 4.98 Å². The van der Waals surface area contributed by atoms with Crippen LogP contribution in [0.1, 0.15) is 51.8 Å². The lowest BCUT2D eigenvalue weighted by molar-refractivity contribution is 0.571. The summed E-state index contributed by atoms with van der Waals surface area (Å²) >= 11 is 0. The molecule has 0 radical (unpaired) electrons. The molecule has 0 N–H and O–H groups in total. The van der Waals surface area contributed by atoms with E-state index >= 15 is 0 Å². The maximum absolute atomic E-state index is 4.79. The Balaban J connectivity index is 2.59. The topological polar surface area (TPSA) is 12.9 Å². The Morgan fingerprint density at radius 1 is 1.00 bits per heavy atom. The average molecular weight is 227 g/mol. The zero-order valence-corrected chi connectivity index (χ0v) is 11.4. The maximum atomic E-state index is 4.79. The van der Waals surface area contributed by atoms with Crippen molar-refractivity contribution < 1.29 is 0 Å². The fraction of sp³-hybridized carbons (Fsp3) is 0.438. The van der Waals surface area contributed by atoms with Crippen LogP contribution in [0.5, 0.6) is 0 Å². The summed E-state index contributed by atoms with van der Waals surface area (Å²) < 4.78 is 0. The molecule has 0 bridgehead atoms. The summed E-state index contributed by atoms with van der Waals surface area (Å²) in [7, 11) is 0. The number of benzene rings is 1. The molecular weight excluding hydrogens is 206 g/mol. The highest BCUT2D eigenvalue weighted by atomic mass is 14.7.